The lowest BCUT2D eigenvalue weighted by Gasteiger charge is -2.41. The number of nitrogens with one attached hydrogen (secondary N) is 1. The molecule has 0 spiro atoms. The van der Waals surface area contributed by atoms with E-state index >= 15 is 0 Å². The van der Waals surface area contributed by atoms with Crippen LogP contribution in [0.4, 0.5) is 5.69 Å². The Morgan fingerprint density at radius 3 is 2.94 bits per heavy atom. The van der Waals surface area contributed by atoms with E-state index in [0.717, 1.165) is 25.4 Å². The summed E-state index contributed by atoms with van der Waals surface area (Å²) in [6.45, 7) is 7.70. The van der Waals surface area contributed by atoms with Gasteiger partial charge in [0.05, 0.1) is 0 Å². The largest absolute Gasteiger partial charge is 0.488 e. The number of hydrogen-bond acceptors (Lipinski definition) is 3. The molecule has 2 aliphatic heterocycles. The molecule has 0 unspecified atom stereocenters. The van der Waals surface area contributed by atoms with Crippen molar-refractivity contribution < 1.29 is 4.74 Å². The van der Waals surface area contributed by atoms with Crippen molar-refractivity contribution in [3.63, 3.8) is 0 Å². The molecule has 98 valence electrons. The SMILES string of the molecule is CC(C)N1CC(Oc2ccc3c(c2)CCCN3)C1. The summed E-state index contributed by atoms with van der Waals surface area (Å²) >= 11 is 0. The average Bonchev–Trinajstić information content (AvgIpc) is 2.32. The molecule has 0 amide bonds. The highest BCUT2D eigenvalue weighted by Crippen LogP contribution is 2.28. The van der Waals surface area contributed by atoms with Crippen LogP contribution in [0.5, 0.6) is 5.75 Å². The van der Waals surface area contributed by atoms with E-state index in [2.05, 4.69) is 42.3 Å². The van der Waals surface area contributed by atoms with E-state index < -0.39 is 0 Å². The Morgan fingerprint density at radius 1 is 1.33 bits per heavy atom. The fourth-order valence-corrected chi connectivity index (χ4v) is 2.68. The van der Waals surface area contributed by atoms with Gasteiger partial charge in [-0.2, -0.15) is 0 Å². The number of rotatable bonds is 3. The number of likely N-dealkylation sites (tertiary alicyclic amines) is 1. The quantitative estimate of drug-likeness (QED) is 0.887. The molecule has 1 fully saturated rings. The fourth-order valence-electron chi connectivity index (χ4n) is 2.68. The minimum Gasteiger partial charge on any atom is -0.488 e. The van der Waals surface area contributed by atoms with Gasteiger partial charge in [0.15, 0.2) is 0 Å². The minimum atomic E-state index is 0.377. The number of fused-ring (bicyclic) bond motifs is 1. The van der Waals surface area contributed by atoms with Gasteiger partial charge in [-0.15, -0.1) is 0 Å². The highest BCUT2D eigenvalue weighted by atomic mass is 16.5. The zero-order chi connectivity index (χ0) is 12.5. The molecule has 1 aromatic rings. The molecule has 1 aromatic carbocycles. The maximum absolute atomic E-state index is 6.03. The van der Waals surface area contributed by atoms with Crippen molar-refractivity contribution in [2.75, 3.05) is 25.0 Å². The smallest absolute Gasteiger partial charge is 0.124 e. The predicted octanol–water partition coefficient (Wildman–Crippen LogP) is 2.52. The molecule has 0 bridgehead atoms. The van der Waals surface area contributed by atoms with Gasteiger partial charge in [-0.25, -0.2) is 0 Å². The Labute approximate surface area is 109 Å². The summed E-state index contributed by atoms with van der Waals surface area (Å²) in [6.07, 6.45) is 2.77. The van der Waals surface area contributed by atoms with Gasteiger partial charge in [0.25, 0.3) is 0 Å². The molecule has 18 heavy (non-hydrogen) atoms. The molecule has 0 saturated carbocycles. The maximum atomic E-state index is 6.03. The highest BCUT2D eigenvalue weighted by molar-refractivity contribution is 5.55. The third-order valence-electron chi connectivity index (χ3n) is 3.92. The van der Waals surface area contributed by atoms with Crippen molar-refractivity contribution >= 4 is 5.69 Å². The van der Waals surface area contributed by atoms with Gasteiger partial charge in [0, 0.05) is 31.4 Å². The molecule has 3 nitrogen and oxygen atoms in total. The molecular weight excluding hydrogens is 224 g/mol. The predicted molar refractivity (Wildman–Crippen MR) is 74.4 cm³/mol. The first kappa shape index (κ1) is 11.8. The maximum Gasteiger partial charge on any atom is 0.124 e. The molecule has 3 heteroatoms. The molecule has 1 saturated heterocycles. The molecule has 0 atom stereocenters. The van der Waals surface area contributed by atoms with E-state index in [9.17, 15) is 0 Å². The molecule has 0 aliphatic carbocycles. The van der Waals surface area contributed by atoms with Crippen molar-refractivity contribution in [2.24, 2.45) is 0 Å². The second-order valence-corrected chi connectivity index (χ2v) is 5.64. The summed E-state index contributed by atoms with van der Waals surface area (Å²) in [4.78, 5) is 2.44. The van der Waals surface area contributed by atoms with Crippen molar-refractivity contribution in [3.05, 3.63) is 23.8 Å². The van der Waals surface area contributed by atoms with E-state index in [-0.39, 0.29) is 0 Å². The van der Waals surface area contributed by atoms with E-state index in [1.54, 1.807) is 0 Å². The van der Waals surface area contributed by atoms with Gasteiger partial charge < -0.3 is 10.1 Å². The van der Waals surface area contributed by atoms with Gasteiger partial charge >= 0.3 is 0 Å². The summed E-state index contributed by atoms with van der Waals surface area (Å²) in [5.74, 6) is 1.03. The Balaban J connectivity index is 1.61. The lowest BCUT2D eigenvalue weighted by molar-refractivity contribution is 0.000122. The second-order valence-electron chi connectivity index (χ2n) is 5.64. The topological polar surface area (TPSA) is 24.5 Å². The van der Waals surface area contributed by atoms with Crippen LogP contribution in [0, 0.1) is 0 Å². The third kappa shape index (κ3) is 2.32. The van der Waals surface area contributed by atoms with Crippen LogP contribution in [0.3, 0.4) is 0 Å². The molecular formula is C15H22N2O. The average molecular weight is 246 g/mol. The zero-order valence-corrected chi connectivity index (χ0v) is 11.3. The number of ether oxygens (including phenoxy) is 1. The number of anilines is 1. The fraction of sp³-hybridized carbons (Fsp3) is 0.600. The van der Waals surface area contributed by atoms with Crippen molar-refractivity contribution in [2.45, 2.75) is 38.8 Å². The van der Waals surface area contributed by atoms with Crippen LogP contribution < -0.4 is 10.1 Å². The van der Waals surface area contributed by atoms with Crippen LogP contribution in [-0.4, -0.2) is 36.7 Å². The second kappa shape index (κ2) is 4.81. The molecule has 1 N–H and O–H groups in total. The van der Waals surface area contributed by atoms with Gasteiger partial charge in [-0.1, -0.05) is 0 Å². The standard InChI is InChI=1S/C15H22N2O/c1-11(2)17-9-14(10-17)18-13-5-6-15-12(8-13)4-3-7-16-15/h5-6,8,11,14,16H,3-4,7,9-10H2,1-2H3. The highest BCUT2D eigenvalue weighted by Gasteiger charge is 2.30. The summed E-state index contributed by atoms with van der Waals surface area (Å²) in [7, 11) is 0. The van der Waals surface area contributed by atoms with Crippen LogP contribution in [-0.2, 0) is 6.42 Å². The summed E-state index contributed by atoms with van der Waals surface area (Å²) in [5.41, 5.74) is 2.69. The number of hydrogen-bond donors (Lipinski definition) is 1. The van der Waals surface area contributed by atoms with Crippen molar-refractivity contribution in [1.29, 1.82) is 0 Å². The van der Waals surface area contributed by atoms with Crippen molar-refractivity contribution in [1.82, 2.24) is 4.90 Å². The van der Waals surface area contributed by atoms with E-state index in [4.69, 9.17) is 4.74 Å². The minimum absolute atomic E-state index is 0.377. The summed E-state index contributed by atoms with van der Waals surface area (Å²) in [6, 6.07) is 7.09. The van der Waals surface area contributed by atoms with Crippen LogP contribution in [0.1, 0.15) is 25.8 Å². The van der Waals surface area contributed by atoms with E-state index in [1.807, 2.05) is 0 Å². The Hall–Kier alpha value is -1.22. The van der Waals surface area contributed by atoms with E-state index in [0.29, 0.717) is 12.1 Å². The van der Waals surface area contributed by atoms with Crippen LogP contribution >= 0.6 is 0 Å². The molecule has 0 radical (unpaired) electrons. The van der Waals surface area contributed by atoms with Crippen LogP contribution in [0.15, 0.2) is 18.2 Å². The first-order chi connectivity index (χ1) is 8.72. The monoisotopic (exact) mass is 246 g/mol. The Kier molecular flexibility index (Phi) is 3.16. The Morgan fingerprint density at radius 2 is 2.17 bits per heavy atom. The lowest BCUT2D eigenvalue weighted by atomic mass is 10.0. The zero-order valence-electron chi connectivity index (χ0n) is 11.3. The van der Waals surface area contributed by atoms with Gasteiger partial charge in [0.2, 0.25) is 0 Å². The molecule has 2 heterocycles. The number of benzene rings is 1. The van der Waals surface area contributed by atoms with Gasteiger partial charge in [-0.3, -0.25) is 4.90 Å². The number of aryl methyl sites for hydroxylation is 1. The first-order valence-electron chi connectivity index (χ1n) is 7.00. The first-order valence-corrected chi connectivity index (χ1v) is 7.00. The normalized spacial score (nSPS) is 20.2. The summed E-state index contributed by atoms with van der Waals surface area (Å²) < 4.78 is 6.03. The molecule has 2 aliphatic rings. The molecule has 3 rings (SSSR count). The van der Waals surface area contributed by atoms with Crippen LogP contribution in [0.25, 0.3) is 0 Å². The van der Waals surface area contributed by atoms with E-state index in [1.165, 1.54) is 24.1 Å². The van der Waals surface area contributed by atoms with Crippen molar-refractivity contribution in [3.8, 4) is 5.75 Å². The third-order valence-corrected chi connectivity index (χ3v) is 3.92. The Bertz CT molecular complexity index is 425. The van der Waals surface area contributed by atoms with Gasteiger partial charge in [-0.05, 0) is 50.5 Å². The number of nitrogens with zero attached hydrogens (tertiary/aromatic N) is 1. The van der Waals surface area contributed by atoms with Crippen LogP contribution in [0.2, 0.25) is 0 Å². The summed E-state index contributed by atoms with van der Waals surface area (Å²) in [5, 5.41) is 3.43. The lowest BCUT2D eigenvalue weighted by Crippen LogP contribution is -2.56. The van der Waals surface area contributed by atoms with Gasteiger partial charge in [0.1, 0.15) is 11.9 Å². The molecule has 0 aromatic heterocycles.